The Kier molecular flexibility index (Phi) is 3.87. The molecule has 0 bridgehead atoms. The lowest BCUT2D eigenvalue weighted by molar-refractivity contribution is 0.832. The largest absolute Gasteiger partial charge is 0.326 e. The van der Waals surface area contributed by atoms with E-state index in [1.165, 1.54) is 5.56 Å². The number of halogens is 1. The molecule has 1 N–H and O–H groups in total. The fraction of sp³-hybridized carbons (Fsp3) is 0.214. The van der Waals surface area contributed by atoms with Gasteiger partial charge in [0.05, 0.1) is 5.69 Å². The summed E-state index contributed by atoms with van der Waals surface area (Å²) in [4.78, 5) is 4.47. The quantitative estimate of drug-likeness (QED) is 0.858. The Labute approximate surface area is 116 Å². The highest BCUT2D eigenvalue weighted by molar-refractivity contribution is 9.10. The fourth-order valence-electron chi connectivity index (χ4n) is 1.86. The summed E-state index contributed by atoms with van der Waals surface area (Å²) in [6, 6.07) is 6.20. The summed E-state index contributed by atoms with van der Waals surface area (Å²) in [6.07, 6.45) is 3.87. The zero-order valence-electron chi connectivity index (χ0n) is 10.6. The Morgan fingerprint density at radius 3 is 2.83 bits per heavy atom. The van der Waals surface area contributed by atoms with Gasteiger partial charge in [0.1, 0.15) is 0 Å². The van der Waals surface area contributed by atoms with E-state index >= 15 is 0 Å². The van der Waals surface area contributed by atoms with Gasteiger partial charge in [0.2, 0.25) is 5.95 Å². The monoisotopic (exact) mass is 305 g/mol. The molecule has 0 saturated carbocycles. The third kappa shape index (κ3) is 3.01. The van der Waals surface area contributed by atoms with Crippen LogP contribution in [0.25, 0.3) is 0 Å². The van der Waals surface area contributed by atoms with E-state index in [9.17, 15) is 0 Å². The van der Waals surface area contributed by atoms with Gasteiger partial charge in [0.25, 0.3) is 0 Å². The zero-order chi connectivity index (χ0) is 13.1. The molecule has 3 nitrogen and oxygen atoms in total. The lowest BCUT2D eigenvalue weighted by Gasteiger charge is -2.09. The standard InChI is InChI=1S/C14H16BrN3/c1-4-5-18-9-11(3)16-14(18)17-13-7-10(2)6-12(15)8-13/h4,6-9H,1,5H2,2-3H3,(H,16,17). The van der Waals surface area contributed by atoms with Crippen LogP contribution >= 0.6 is 15.9 Å². The van der Waals surface area contributed by atoms with Crippen LogP contribution in [0.5, 0.6) is 0 Å². The molecule has 18 heavy (non-hydrogen) atoms. The van der Waals surface area contributed by atoms with Gasteiger partial charge in [-0.1, -0.05) is 22.0 Å². The summed E-state index contributed by atoms with van der Waals surface area (Å²) in [5.74, 6) is 0.838. The molecule has 0 amide bonds. The van der Waals surface area contributed by atoms with E-state index in [0.29, 0.717) is 0 Å². The number of benzene rings is 1. The van der Waals surface area contributed by atoms with E-state index < -0.39 is 0 Å². The molecule has 0 aliphatic carbocycles. The maximum Gasteiger partial charge on any atom is 0.207 e. The van der Waals surface area contributed by atoms with Crippen LogP contribution in [0, 0.1) is 13.8 Å². The van der Waals surface area contributed by atoms with Crippen LogP contribution in [-0.2, 0) is 6.54 Å². The first-order valence-electron chi connectivity index (χ1n) is 5.77. The molecular weight excluding hydrogens is 290 g/mol. The van der Waals surface area contributed by atoms with Crippen molar-refractivity contribution in [2.75, 3.05) is 5.32 Å². The number of rotatable bonds is 4. The minimum Gasteiger partial charge on any atom is -0.326 e. The van der Waals surface area contributed by atoms with Crippen molar-refractivity contribution in [3.8, 4) is 0 Å². The molecule has 94 valence electrons. The number of imidazole rings is 1. The third-order valence-corrected chi connectivity index (χ3v) is 2.98. The van der Waals surface area contributed by atoms with Crippen molar-refractivity contribution in [1.82, 2.24) is 9.55 Å². The van der Waals surface area contributed by atoms with Crippen LogP contribution in [0.2, 0.25) is 0 Å². The molecule has 4 heteroatoms. The van der Waals surface area contributed by atoms with Gasteiger partial charge in [-0.2, -0.15) is 0 Å². The van der Waals surface area contributed by atoms with Crippen molar-refractivity contribution >= 4 is 27.6 Å². The van der Waals surface area contributed by atoms with Crippen LogP contribution in [0.3, 0.4) is 0 Å². The maximum atomic E-state index is 4.47. The SMILES string of the molecule is C=CCn1cc(C)nc1Nc1cc(C)cc(Br)c1. The van der Waals surface area contributed by atoms with Crippen molar-refractivity contribution in [2.24, 2.45) is 0 Å². The number of allylic oxidation sites excluding steroid dienone is 1. The van der Waals surface area contributed by atoms with Crippen LogP contribution in [0.1, 0.15) is 11.3 Å². The molecule has 1 aromatic carbocycles. The predicted molar refractivity (Wildman–Crippen MR) is 79.3 cm³/mol. The molecular formula is C14H16BrN3. The summed E-state index contributed by atoms with van der Waals surface area (Å²) in [5.41, 5.74) is 3.22. The summed E-state index contributed by atoms with van der Waals surface area (Å²) in [6.45, 7) is 8.55. The molecule has 0 aliphatic heterocycles. The van der Waals surface area contributed by atoms with E-state index in [1.54, 1.807) is 0 Å². The molecule has 2 rings (SSSR count). The lowest BCUT2D eigenvalue weighted by atomic mass is 10.2. The van der Waals surface area contributed by atoms with Crippen LogP contribution in [0.15, 0.2) is 41.5 Å². The molecule has 0 saturated heterocycles. The number of aryl methyl sites for hydroxylation is 2. The van der Waals surface area contributed by atoms with Crippen LogP contribution < -0.4 is 5.32 Å². The molecule has 0 spiro atoms. The van der Waals surface area contributed by atoms with Gasteiger partial charge in [-0.15, -0.1) is 6.58 Å². The van der Waals surface area contributed by atoms with Gasteiger partial charge < -0.3 is 9.88 Å². The van der Waals surface area contributed by atoms with Gasteiger partial charge >= 0.3 is 0 Å². The predicted octanol–water partition coefficient (Wildman–Crippen LogP) is 4.19. The second-order valence-electron chi connectivity index (χ2n) is 4.29. The minimum atomic E-state index is 0.746. The highest BCUT2D eigenvalue weighted by atomic mass is 79.9. The van der Waals surface area contributed by atoms with Crippen molar-refractivity contribution in [3.63, 3.8) is 0 Å². The zero-order valence-corrected chi connectivity index (χ0v) is 12.2. The Hall–Kier alpha value is -1.55. The van der Waals surface area contributed by atoms with Gasteiger partial charge in [-0.05, 0) is 37.6 Å². The Morgan fingerprint density at radius 2 is 2.17 bits per heavy atom. The highest BCUT2D eigenvalue weighted by Gasteiger charge is 2.05. The number of anilines is 2. The van der Waals surface area contributed by atoms with E-state index in [1.807, 2.05) is 29.8 Å². The van der Waals surface area contributed by atoms with Crippen molar-refractivity contribution in [2.45, 2.75) is 20.4 Å². The smallest absolute Gasteiger partial charge is 0.207 e. The van der Waals surface area contributed by atoms with Crippen molar-refractivity contribution in [3.05, 3.63) is 52.8 Å². The summed E-state index contributed by atoms with van der Waals surface area (Å²) >= 11 is 3.50. The lowest BCUT2D eigenvalue weighted by Crippen LogP contribution is -2.02. The van der Waals surface area contributed by atoms with E-state index in [0.717, 1.165) is 28.3 Å². The average molecular weight is 306 g/mol. The highest BCUT2D eigenvalue weighted by Crippen LogP contribution is 2.22. The van der Waals surface area contributed by atoms with Crippen molar-refractivity contribution in [1.29, 1.82) is 0 Å². The van der Waals surface area contributed by atoms with Crippen molar-refractivity contribution < 1.29 is 0 Å². The number of nitrogens with one attached hydrogen (secondary N) is 1. The van der Waals surface area contributed by atoms with E-state index in [2.05, 4.69) is 51.9 Å². The normalized spacial score (nSPS) is 10.4. The topological polar surface area (TPSA) is 29.9 Å². The Balaban J connectivity index is 2.30. The van der Waals surface area contributed by atoms with Gasteiger partial charge in [0.15, 0.2) is 0 Å². The number of hydrogen-bond acceptors (Lipinski definition) is 2. The Morgan fingerprint density at radius 1 is 1.39 bits per heavy atom. The fourth-order valence-corrected chi connectivity index (χ4v) is 2.47. The molecule has 0 fully saturated rings. The second kappa shape index (κ2) is 5.40. The van der Waals surface area contributed by atoms with E-state index in [4.69, 9.17) is 0 Å². The average Bonchev–Trinajstić information content (AvgIpc) is 2.58. The minimum absolute atomic E-state index is 0.746. The van der Waals surface area contributed by atoms with Gasteiger partial charge in [-0.25, -0.2) is 4.98 Å². The molecule has 1 aromatic heterocycles. The first-order chi connectivity index (χ1) is 8.58. The second-order valence-corrected chi connectivity index (χ2v) is 5.20. The first kappa shape index (κ1) is 12.9. The van der Waals surface area contributed by atoms with Gasteiger partial charge in [0, 0.05) is 22.9 Å². The molecule has 1 heterocycles. The van der Waals surface area contributed by atoms with Crippen LogP contribution in [-0.4, -0.2) is 9.55 Å². The number of aromatic nitrogens is 2. The number of hydrogen-bond donors (Lipinski definition) is 1. The molecule has 0 atom stereocenters. The molecule has 0 unspecified atom stereocenters. The third-order valence-electron chi connectivity index (χ3n) is 2.52. The molecule has 0 aliphatic rings. The number of nitrogens with zero attached hydrogens (tertiary/aromatic N) is 2. The van der Waals surface area contributed by atoms with E-state index in [-0.39, 0.29) is 0 Å². The first-order valence-corrected chi connectivity index (χ1v) is 6.56. The molecule has 0 radical (unpaired) electrons. The summed E-state index contributed by atoms with van der Waals surface area (Å²) < 4.78 is 3.10. The Bertz CT molecular complexity index is 552. The summed E-state index contributed by atoms with van der Waals surface area (Å²) in [5, 5.41) is 3.33. The van der Waals surface area contributed by atoms with Crippen LogP contribution in [0.4, 0.5) is 11.6 Å². The summed E-state index contributed by atoms with van der Waals surface area (Å²) in [7, 11) is 0. The van der Waals surface area contributed by atoms with Gasteiger partial charge in [-0.3, -0.25) is 0 Å². The maximum absolute atomic E-state index is 4.47. The molecule has 2 aromatic rings.